The molecule has 11 atom stereocenters. The van der Waals surface area contributed by atoms with Crippen molar-refractivity contribution in [3.8, 4) is 0 Å². The third kappa shape index (κ3) is 4.50. The molecule has 0 aromatic carbocycles. The molecule has 5 rings (SSSR count). The highest BCUT2D eigenvalue weighted by molar-refractivity contribution is 5.94. The zero-order chi connectivity index (χ0) is 30.1. The van der Waals surface area contributed by atoms with Crippen molar-refractivity contribution in [3.63, 3.8) is 0 Å². The summed E-state index contributed by atoms with van der Waals surface area (Å²) in [5.74, 6) is -0.0665. The van der Waals surface area contributed by atoms with E-state index in [1.807, 2.05) is 13.8 Å². The molecular formula is C34H52O7. The van der Waals surface area contributed by atoms with E-state index in [9.17, 15) is 19.5 Å². The lowest BCUT2D eigenvalue weighted by atomic mass is 9.34. The van der Waals surface area contributed by atoms with E-state index in [1.165, 1.54) is 6.92 Å². The molecule has 1 heterocycles. The van der Waals surface area contributed by atoms with Gasteiger partial charge in [0, 0.05) is 23.3 Å². The molecule has 5 unspecified atom stereocenters. The Morgan fingerprint density at radius 2 is 1.73 bits per heavy atom. The zero-order valence-electron chi connectivity index (χ0n) is 26.5. The van der Waals surface area contributed by atoms with Crippen LogP contribution in [0.25, 0.3) is 0 Å². The number of rotatable bonds is 6. The number of esters is 3. The molecule has 3 fully saturated rings. The van der Waals surface area contributed by atoms with E-state index in [1.54, 1.807) is 0 Å². The van der Waals surface area contributed by atoms with Gasteiger partial charge in [0.25, 0.3) is 0 Å². The van der Waals surface area contributed by atoms with Crippen LogP contribution in [-0.4, -0.2) is 47.4 Å². The summed E-state index contributed by atoms with van der Waals surface area (Å²) in [7, 11) is 0. The third-order valence-electron chi connectivity index (χ3n) is 13.2. The van der Waals surface area contributed by atoms with Gasteiger partial charge in [0.1, 0.15) is 18.3 Å². The van der Waals surface area contributed by atoms with Crippen molar-refractivity contribution in [1.82, 2.24) is 0 Å². The predicted molar refractivity (Wildman–Crippen MR) is 154 cm³/mol. The summed E-state index contributed by atoms with van der Waals surface area (Å²) in [6.07, 6.45) is 6.54. The lowest BCUT2D eigenvalue weighted by Gasteiger charge is -2.70. The Kier molecular flexibility index (Phi) is 7.74. The van der Waals surface area contributed by atoms with Gasteiger partial charge < -0.3 is 19.3 Å². The summed E-state index contributed by atoms with van der Waals surface area (Å²) in [4.78, 5) is 38.7. The van der Waals surface area contributed by atoms with Crippen molar-refractivity contribution in [2.45, 2.75) is 144 Å². The third-order valence-corrected chi connectivity index (χ3v) is 13.2. The first kappa shape index (κ1) is 30.6. The first-order valence-electron chi connectivity index (χ1n) is 16.1. The molecular weight excluding hydrogens is 520 g/mol. The number of carbonyl (C=O) groups excluding carboxylic acids is 3. The number of aliphatic hydroxyl groups is 1. The Hall–Kier alpha value is -1.89. The Morgan fingerprint density at radius 3 is 2.39 bits per heavy atom. The summed E-state index contributed by atoms with van der Waals surface area (Å²) in [5, 5.41) is 10.3. The molecule has 7 heteroatoms. The van der Waals surface area contributed by atoms with Gasteiger partial charge in [0.05, 0.1) is 12.5 Å². The maximum atomic E-state index is 13.4. The minimum Gasteiger partial charge on any atom is -0.462 e. The summed E-state index contributed by atoms with van der Waals surface area (Å²) in [5.41, 5.74) is 0.982. The van der Waals surface area contributed by atoms with Crippen molar-refractivity contribution < 1.29 is 33.7 Å². The molecule has 3 saturated carbocycles. The minimum absolute atomic E-state index is 0.0263. The molecule has 0 aromatic rings. The van der Waals surface area contributed by atoms with Crippen molar-refractivity contribution in [2.75, 3.05) is 0 Å². The highest BCUT2D eigenvalue weighted by Crippen LogP contribution is 2.74. The summed E-state index contributed by atoms with van der Waals surface area (Å²) in [6, 6.07) is 0. The fourth-order valence-corrected chi connectivity index (χ4v) is 11.1. The molecule has 0 amide bonds. The van der Waals surface area contributed by atoms with E-state index in [0.717, 1.165) is 56.1 Å². The van der Waals surface area contributed by atoms with Gasteiger partial charge in [0.2, 0.25) is 0 Å². The smallest absolute Gasteiger partial charge is 0.335 e. The SMILES string of the molecule is CCC(O)CC(=O)O[C@H]1CC2[C@@]3(C)CCC[C@](C)(C(C)OC(C)=O)C3CC[C@@]2(C)C2CCC3=C(C(=O)O[C@@H]3C)[C@]21C. The van der Waals surface area contributed by atoms with Crippen molar-refractivity contribution >= 4 is 17.9 Å². The van der Waals surface area contributed by atoms with Gasteiger partial charge in [-0.05, 0) is 99.4 Å². The maximum Gasteiger partial charge on any atom is 0.335 e. The average molecular weight is 573 g/mol. The van der Waals surface area contributed by atoms with Crippen LogP contribution in [0, 0.1) is 39.4 Å². The normalized spacial score (nSPS) is 44.9. The van der Waals surface area contributed by atoms with Crippen LogP contribution in [0.5, 0.6) is 0 Å². The van der Waals surface area contributed by atoms with Gasteiger partial charge in [-0.1, -0.05) is 41.0 Å². The van der Waals surface area contributed by atoms with Crippen molar-refractivity contribution in [2.24, 2.45) is 39.4 Å². The number of hydrogen-bond acceptors (Lipinski definition) is 7. The maximum absolute atomic E-state index is 13.4. The van der Waals surface area contributed by atoms with Crippen LogP contribution in [-0.2, 0) is 28.6 Å². The molecule has 0 radical (unpaired) electrons. The number of ether oxygens (including phenoxy) is 3. The topological polar surface area (TPSA) is 99.1 Å². The predicted octanol–water partition coefficient (Wildman–Crippen LogP) is 6.30. The highest BCUT2D eigenvalue weighted by Gasteiger charge is 2.70. The molecule has 0 bridgehead atoms. The molecule has 41 heavy (non-hydrogen) atoms. The number of cyclic esters (lactones) is 1. The van der Waals surface area contributed by atoms with E-state index in [-0.39, 0.29) is 58.6 Å². The summed E-state index contributed by atoms with van der Waals surface area (Å²) in [6.45, 7) is 16.7. The Labute approximate surface area is 246 Å². The summed E-state index contributed by atoms with van der Waals surface area (Å²) >= 11 is 0. The first-order chi connectivity index (χ1) is 19.1. The molecule has 4 aliphatic carbocycles. The minimum atomic E-state index is -0.740. The molecule has 0 spiro atoms. The van der Waals surface area contributed by atoms with E-state index >= 15 is 0 Å². The molecule has 5 aliphatic rings. The van der Waals surface area contributed by atoms with Gasteiger partial charge in [-0.25, -0.2) is 4.79 Å². The van der Waals surface area contributed by atoms with Crippen LogP contribution in [0.4, 0.5) is 0 Å². The van der Waals surface area contributed by atoms with Crippen molar-refractivity contribution in [1.29, 1.82) is 0 Å². The van der Waals surface area contributed by atoms with Crippen molar-refractivity contribution in [3.05, 3.63) is 11.1 Å². The molecule has 0 saturated heterocycles. The van der Waals surface area contributed by atoms with Gasteiger partial charge in [0.15, 0.2) is 0 Å². The molecule has 0 aromatic heterocycles. The molecule has 7 nitrogen and oxygen atoms in total. The van der Waals surface area contributed by atoms with Crippen LogP contribution in [0.1, 0.15) is 120 Å². The van der Waals surface area contributed by atoms with Gasteiger partial charge in [-0.2, -0.15) is 0 Å². The lowest BCUT2D eigenvalue weighted by molar-refractivity contribution is -0.237. The van der Waals surface area contributed by atoms with Gasteiger partial charge in [-0.15, -0.1) is 0 Å². The Balaban J connectivity index is 1.58. The van der Waals surface area contributed by atoms with Gasteiger partial charge in [-0.3, -0.25) is 9.59 Å². The van der Waals surface area contributed by atoms with E-state index in [4.69, 9.17) is 14.2 Å². The van der Waals surface area contributed by atoms with E-state index < -0.39 is 23.6 Å². The standard InChI is InChI=1S/C34H52O7/c1-9-22(36)17-28(37)41-27-18-26-32(6)15-10-14-31(5,20(3)40-21(4)35)24(32)13-16-33(26,7)25-12-11-23-19(2)39-30(38)29(23)34(25,27)8/h19-20,22,24-27,36H,9-18H2,1-8H3/t19-,20?,22?,24?,25?,26?,27+,31-,32+,33+,34-/m1/s1. The molecule has 1 N–H and O–H groups in total. The Bertz CT molecular complexity index is 1130. The monoisotopic (exact) mass is 572 g/mol. The van der Waals surface area contributed by atoms with Crippen LogP contribution in [0.2, 0.25) is 0 Å². The first-order valence-corrected chi connectivity index (χ1v) is 16.1. The average Bonchev–Trinajstić information content (AvgIpc) is 3.18. The second-order valence-corrected chi connectivity index (χ2v) is 15.1. The molecule has 230 valence electrons. The largest absolute Gasteiger partial charge is 0.462 e. The van der Waals surface area contributed by atoms with Gasteiger partial charge >= 0.3 is 17.9 Å². The zero-order valence-corrected chi connectivity index (χ0v) is 26.5. The van der Waals surface area contributed by atoms with Crippen LogP contribution in [0.3, 0.4) is 0 Å². The quantitative estimate of drug-likeness (QED) is 0.294. The lowest BCUT2D eigenvalue weighted by Crippen LogP contribution is -2.67. The highest BCUT2D eigenvalue weighted by atomic mass is 16.6. The second-order valence-electron chi connectivity index (χ2n) is 15.1. The fourth-order valence-electron chi connectivity index (χ4n) is 11.1. The molecule has 1 aliphatic heterocycles. The van der Waals surface area contributed by atoms with E-state index in [0.29, 0.717) is 18.8 Å². The number of hydrogen-bond donors (Lipinski definition) is 1. The number of fused-ring (bicyclic) bond motifs is 6. The summed E-state index contributed by atoms with van der Waals surface area (Å²) < 4.78 is 18.0. The Morgan fingerprint density at radius 1 is 1.05 bits per heavy atom. The van der Waals surface area contributed by atoms with Crippen LogP contribution in [0.15, 0.2) is 11.1 Å². The number of aliphatic hydroxyl groups excluding tert-OH is 1. The van der Waals surface area contributed by atoms with E-state index in [2.05, 4.69) is 34.6 Å². The van der Waals surface area contributed by atoms with Crippen LogP contribution < -0.4 is 0 Å². The number of carbonyl (C=O) groups is 3. The fraction of sp³-hybridized carbons (Fsp3) is 0.853. The second kappa shape index (κ2) is 10.4. The van der Waals surface area contributed by atoms with Crippen LogP contribution >= 0.6 is 0 Å².